The molecule has 0 aliphatic carbocycles. The van der Waals surface area contributed by atoms with E-state index in [9.17, 15) is 0 Å². The molecule has 0 radical (unpaired) electrons. The van der Waals surface area contributed by atoms with E-state index in [4.69, 9.17) is 29.9 Å². The second kappa shape index (κ2) is 17.1. The van der Waals surface area contributed by atoms with Crippen molar-refractivity contribution in [3.05, 3.63) is 237 Å². The number of benzene rings is 9. The number of aromatic nitrogens is 7. The summed E-state index contributed by atoms with van der Waals surface area (Å²) < 4.78 is 2.35. The van der Waals surface area contributed by atoms with E-state index in [1.54, 1.807) is 0 Å². The van der Waals surface area contributed by atoms with Gasteiger partial charge in [-0.3, -0.25) is 0 Å². The highest BCUT2D eigenvalue weighted by molar-refractivity contribution is 6.12. The van der Waals surface area contributed by atoms with Gasteiger partial charge in [0.25, 0.3) is 0 Å². The standard InChI is InChI=1S/C60H39N7/c1-7-19-40(20-8-1)46-31-34-52-49(37-46)50-38-47(41-21-9-2-10-22-41)32-35-53(50)67(52)54-36-33-48(59-63-55(42-23-11-3-12-24-42)61-56(64-59)43-25-13-4-14-26-43)39-51(54)60-65-57(44-27-15-5-16-28-44)62-58(66-60)45-29-17-6-18-30-45/h1-39H. The maximum atomic E-state index is 5.31. The molecule has 12 aromatic rings. The lowest BCUT2D eigenvalue weighted by Crippen LogP contribution is -2.05. The molecule has 0 bridgehead atoms. The Balaban J connectivity index is 1.15. The van der Waals surface area contributed by atoms with E-state index >= 15 is 0 Å². The minimum absolute atomic E-state index is 0.516. The molecular weight excluding hydrogens is 819 g/mol. The smallest absolute Gasteiger partial charge is 0.166 e. The second-order valence-electron chi connectivity index (χ2n) is 16.3. The normalized spacial score (nSPS) is 11.3. The van der Waals surface area contributed by atoms with Crippen LogP contribution in [0.15, 0.2) is 237 Å². The minimum atomic E-state index is 0.516. The van der Waals surface area contributed by atoms with Crippen LogP contribution >= 0.6 is 0 Å². The number of rotatable bonds is 9. The largest absolute Gasteiger partial charge is 0.308 e. The molecule has 12 rings (SSSR count). The van der Waals surface area contributed by atoms with Crippen LogP contribution in [-0.4, -0.2) is 34.5 Å². The van der Waals surface area contributed by atoms with Crippen molar-refractivity contribution in [1.82, 2.24) is 34.5 Å². The van der Waals surface area contributed by atoms with Gasteiger partial charge in [0.1, 0.15) is 0 Å². The fraction of sp³-hybridized carbons (Fsp3) is 0. The van der Waals surface area contributed by atoms with E-state index in [2.05, 4.69) is 120 Å². The average molecular weight is 858 g/mol. The molecule has 7 nitrogen and oxygen atoms in total. The first-order valence-electron chi connectivity index (χ1n) is 22.3. The lowest BCUT2D eigenvalue weighted by molar-refractivity contribution is 1.06. The van der Waals surface area contributed by atoms with E-state index in [-0.39, 0.29) is 0 Å². The van der Waals surface area contributed by atoms with E-state index in [1.807, 2.05) is 121 Å². The zero-order chi connectivity index (χ0) is 44.5. The molecule has 7 heteroatoms. The van der Waals surface area contributed by atoms with Crippen LogP contribution in [0.3, 0.4) is 0 Å². The lowest BCUT2D eigenvalue weighted by Gasteiger charge is -2.16. The first-order chi connectivity index (χ1) is 33.2. The van der Waals surface area contributed by atoms with Gasteiger partial charge in [0.2, 0.25) is 0 Å². The highest BCUT2D eigenvalue weighted by Gasteiger charge is 2.23. The quantitative estimate of drug-likeness (QED) is 0.144. The molecule has 3 heterocycles. The first-order valence-corrected chi connectivity index (χ1v) is 22.3. The molecule has 9 aromatic carbocycles. The van der Waals surface area contributed by atoms with E-state index in [0.29, 0.717) is 34.9 Å². The second-order valence-corrected chi connectivity index (χ2v) is 16.3. The van der Waals surface area contributed by atoms with Crippen LogP contribution in [0.2, 0.25) is 0 Å². The molecule has 3 aromatic heterocycles. The fourth-order valence-corrected chi connectivity index (χ4v) is 8.82. The van der Waals surface area contributed by atoms with Gasteiger partial charge in [0, 0.05) is 44.2 Å². The van der Waals surface area contributed by atoms with Gasteiger partial charge in [-0.25, -0.2) is 29.9 Å². The van der Waals surface area contributed by atoms with Crippen molar-refractivity contribution in [3.63, 3.8) is 0 Å². The SMILES string of the molecule is c1ccc(-c2ccc3c(c2)c2cc(-c4ccccc4)ccc2n3-c2ccc(-c3nc(-c4ccccc4)nc(-c4ccccc4)n3)cc2-c2nc(-c3ccccc3)nc(-c3ccccc3)n2)cc1. The Morgan fingerprint density at radius 3 is 0.881 bits per heavy atom. The highest BCUT2D eigenvalue weighted by Crippen LogP contribution is 2.41. The van der Waals surface area contributed by atoms with Crippen LogP contribution in [0.4, 0.5) is 0 Å². The summed E-state index contributed by atoms with van der Waals surface area (Å²) in [6, 6.07) is 81.3. The molecule has 0 saturated heterocycles. The molecular formula is C60H39N7. The van der Waals surface area contributed by atoms with Gasteiger partial charge in [0.05, 0.1) is 16.7 Å². The van der Waals surface area contributed by atoms with Crippen LogP contribution in [0, 0.1) is 0 Å². The van der Waals surface area contributed by atoms with E-state index < -0.39 is 0 Å². The van der Waals surface area contributed by atoms with Crippen molar-refractivity contribution in [2.45, 2.75) is 0 Å². The molecule has 0 spiro atoms. The predicted octanol–water partition coefficient (Wildman–Crippen LogP) is 14.5. The van der Waals surface area contributed by atoms with Gasteiger partial charge in [-0.2, -0.15) is 0 Å². The molecule has 0 fully saturated rings. The van der Waals surface area contributed by atoms with Crippen molar-refractivity contribution in [2.75, 3.05) is 0 Å². The first kappa shape index (κ1) is 39.4. The average Bonchev–Trinajstić information content (AvgIpc) is 3.74. The van der Waals surface area contributed by atoms with E-state index in [1.165, 1.54) is 0 Å². The molecule has 0 unspecified atom stereocenters. The van der Waals surface area contributed by atoms with Gasteiger partial charge < -0.3 is 4.57 Å². The summed E-state index contributed by atoms with van der Waals surface area (Å²) in [6.45, 7) is 0. The summed E-state index contributed by atoms with van der Waals surface area (Å²) in [5.41, 5.74) is 12.7. The molecule has 0 saturated carbocycles. The predicted molar refractivity (Wildman–Crippen MR) is 271 cm³/mol. The van der Waals surface area contributed by atoms with Crippen molar-refractivity contribution < 1.29 is 0 Å². The monoisotopic (exact) mass is 857 g/mol. The molecule has 0 N–H and O–H groups in total. The minimum Gasteiger partial charge on any atom is -0.308 e. The molecule has 0 amide bonds. The van der Waals surface area contributed by atoms with Gasteiger partial charge in [-0.05, 0) is 64.7 Å². The summed E-state index contributed by atoms with van der Waals surface area (Å²) in [7, 11) is 0. The zero-order valence-electron chi connectivity index (χ0n) is 36.1. The van der Waals surface area contributed by atoms with Gasteiger partial charge in [0.15, 0.2) is 34.9 Å². The summed E-state index contributed by atoms with van der Waals surface area (Å²) in [5, 5.41) is 2.26. The van der Waals surface area contributed by atoms with Crippen molar-refractivity contribution in [3.8, 4) is 96.3 Å². The van der Waals surface area contributed by atoms with Crippen LogP contribution in [0.25, 0.3) is 118 Å². The van der Waals surface area contributed by atoms with Crippen molar-refractivity contribution in [1.29, 1.82) is 0 Å². The maximum absolute atomic E-state index is 5.31. The Labute approximate surface area is 387 Å². The summed E-state index contributed by atoms with van der Waals surface area (Å²) >= 11 is 0. The third-order valence-electron chi connectivity index (χ3n) is 12.1. The third-order valence-corrected chi connectivity index (χ3v) is 12.1. The Hall–Kier alpha value is -9.20. The van der Waals surface area contributed by atoms with Gasteiger partial charge in [-0.15, -0.1) is 0 Å². The van der Waals surface area contributed by atoms with Crippen LogP contribution in [0.1, 0.15) is 0 Å². The molecule has 314 valence electrons. The van der Waals surface area contributed by atoms with Crippen molar-refractivity contribution >= 4 is 21.8 Å². The molecule has 67 heavy (non-hydrogen) atoms. The Morgan fingerprint density at radius 1 is 0.224 bits per heavy atom. The summed E-state index contributed by atoms with van der Waals surface area (Å²) in [4.78, 5) is 31.0. The third kappa shape index (κ3) is 7.60. The van der Waals surface area contributed by atoms with Crippen LogP contribution in [-0.2, 0) is 0 Å². The van der Waals surface area contributed by atoms with Gasteiger partial charge >= 0.3 is 0 Å². The summed E-state index contributed by atoms with van der Waals surface area (Å²) in [6.07, 6.45) is 0. The Morgan fingerprint density at radius 2 is 0.522 bits per heavy atom. The summed E-state index contributed by atoms with van der Waals surface area (Å²) in [5.74, 6) is 3.35. The topological polar surface area (TPSA) is 82.3 Å². The Kier molecular flexibility index (Phi) is 10.0. The van der Waals surface area contributed by atoms with E-state index in [0.717, 1.165) is 83.1 Å². The zero-order valence-corrected chi connectivity index (χ0v) is 36.1. The maximum Gasteiger partial charge on any atom is 0.166 e. The number of hydrogen-bond acceptors (Lipinski definition) is 6. The van der Waals surface area contributed by atoms with Crippen LogP contribution in [0.5, 0.6) is 0 Å². The lowest BCUT2D eigenvalue weighted by atomic mass is 10.0. The van der Waals surface area contributed by atoms with Crippen molar-refractivity contribution in [2.24, 2.45) is 0 Å². The van der Waals surface area contributed by atoms with Gasteiger partial charge in [-0.1, -0.05) is 194 Å². The molecule has 0 atom stereocenters. The molecule has 0 aliphatic heterocycles. The fourth-order valence-electron chi connectivity index (χ4n) is 8.82. The Bertz CT molecular complexity index is 3500. The number of hydrogen-bond donors (Lipinski definition) is 0. The number of nitrogens with zero attached hydrogens (tertiary/aromatic N) is 7. The number of fused-ring (bicyclic) bond motifs is 3. The molecule has 0 aliphatic rings. The van der Waals surface area contributed by atoms with Crippen LogP contribution < -0.4 is 0 Å². The highest BCUT2D eigenvalue weighted by atomic mass is 15.1.